The average Bonchev–Trinajstić information content (AvgIpc) is 3.13. The van der Waals surface area contributed by atoms with Gasteiger partial charge in [0.15, 0.2) is 0 Å². The first-order valence-electron chi connectivity index (χ1n) is 8.10. The zero-order valence-corrected chi connectivity index (χ0v) is 16.8. The molecule has 0 aliphatic carbocycles. The normalized spacial score (nSPS) is 17.6. The van der Waals surface area contributed by atoms with Crippen molar-refractivity contribution >= 4 is 39.7 Å². The molecule has 1 amide bonds. The summed E-state index contributed by atoms with van der Waals surface area (Å²) in [5, 5.41) is 5.20. The highest BCUT2D eigenvalue weighted by atomic mass is 35.5. The Kier molecular flexibility index (Phi) is 7.19. The molecule has 0 saturated carbocycles. The Morgan fingerprint density at radius 1 is 1.31 bits per heavy atom. The van der Waals surface area contributed by atoms with Gasteiger partial charge in [0, 0.05) is 42.7 Å². The molecule has 0 spiro atoms. The van der Waals surface area contributed by atoms with Crippen molar-refractivity contribution in [1.29, 1.82) is 0 Å². The maximum Gasteiger partial charge on any atom is 0.253 e. The SMILES string of the molecule is CC1CN(C(=O)c2ccc(S(=O)(=O)NCc3cccs3)cc2)CCN1.Cl. The molecule has 2 N–H and O–H groups in total. The second-order valence-electron chi connectivity index (χ2n) is 6.03. The number of carbonyl (C=O) groups excluding carboxylic acids is 1. The molecule has 2 aromatic rings. The van der Waals surface area contributed by atoms with E-state index < -0.39 is 10.0 Å². The number of halogens is 1. The second-order valence-corrected chi connectivity index (χ2v) is 8.83. The predicted octanol–water partition coefficient (Wildman–Crippen LogP) is 2.08. The van der Waals surface area contributed by atoms with E-state index in [1.54, 1.807) is 17.0 Å². The van der Waals surface area contributed by atoms with Gasteiger partial charge >= 0.3 is 0 Å². The van der Waals surface area contributed by atoms with Crippen LogP contribution in [0, 0.1) is 0 Å². The fourth-order valence-corrected chi connectivity index (χ4v) is 4.48. The summed E-state index contributed by atoms with van der Waals surface area (Å²) >= 11 is 1.50. The Morgan fingerprint density at radius 2 is 2.04 bits per heavy atom. The van der Waals surface area contributed by atoms with Crippen LogP contribution in [-0.4, -0.2) is 44.9 Å². The van der Waals surface area contributed by atoms with Crippen LogP contribution in [0.25, 0.3) is 0 Å². The molecule has 0 bridgehead atoms. The third-order valence-corrected chi connectivity index (χ3v) is 6.38. The highest BCUT2D eigenvalue weighted by Gasteiger charge is 2.22. The monoisotopic (exact) mass is 415 g/mol. The molecule has 1 atom stereocenters. The maximum absolute atomic E-state index is 12.5. The van der Waals surface area contributed by atoms with Crippen LogP contribution in [0.15, 0.2) is 46.7 Å². The molecular formula is C17H22ClN3O3S2. The lowest BCUT2D eigenvalue weighted by Gasteiger charge is -2.32. The minimum absolute atomic E-state index is 0. The first-order valence-corrected chi connectivity index (χ1v) is 10.5. The van der Waals surface area contributed by atoms with Crippen LogP contribution in [0.5, 0.6) is 0 Å². The standard InChI is InChI=1S/C17H21N3O3S2.ClH/c1-13-12-20(9-8-18-13)17(21)14-4-6-16(7-5-14)25(22,23)19-11-15-3-2-10-24-15;/h2-7,10,13,18-19H,8-9,11-12H2,1H3;1H. The van der Waals surface area contributed by atoms with Gasteiger partial charge in [-0.25, -0.2) is 13.1 Å². The molecule has 142 valence electrons. The molecule has 1 aliphatic rings. The number of amides is 1. The van der Waals surface area contributed by atoms with Crippen LogP contribution in [0.1, 0.15) is 22.2 Å². The van der Waals surface area contributed by atoms with Crippen LogP contribution in [0.4, 0.5) is 0 Å². The highest BCUT2D eigenvalue weighted by Crippen LogP contribution is 2.15. The zero-order chi connectivity index (χ0) is 17.9. The van der Waals surface area contributed by atoms with E-state index in [1.165, 1.54) is 23.5 Å². The lowest BCUT2D eigenvalue weighted by Crippen LogP contribution is -2.51. The van der Waals surface area contributed by atoms with Gasteiger partial charge in [-0.1, -0.05) is 6.07 Å². The second kappa shape index (κ2) is 8.96. The van der Waals surface area contributed by atoms with E-state index in [0.29, 0.717) is 18.7 Å². The van der Waals surface area contributed by atoms with Gasteiger partial charge in [0.2, 0.25) is 10.0 Å². The number of benzene rings is 1. The summed E-state index contributed by atoms with van der Waals surface area (Å²) in [6.07, 6.45) is 0. The fourth-order valence-electron chi connectivity index (χ4n) is 2.74. The molecule has 1 aromatic heterocycles. The van der Waals surface area contributed by atoms with Crippen molar-refractivity contribution in [2.24, 2.45) is 0 Å². The van der Waals surface area contributed by atoms with Crippen LogP contribution < -0.4 is 10.0 Å². The van der Waals surface area contributed by atoms with Crippen LogP contribution >= 0.6 is 23.7 Å². The van der Waals surface area contributed by atoms with Crippen molar-refractivity contribution < 1.29 is 13.2 Å². The Labute approximate surface area is 164 Å². The highest BCUT2D eigenvalue weighted by molar-refractivity contribution is 7.89. The quantitative estimate of drug-likeness (QED) is 0.783. The number of sulfonamides is 1. The molecule has 1 aromatic carbocycles. The number of hydrogen-bond acceptors (Lipinski definition) is 5. The van der Waals surface area contributed by atoms with E-state index in [4.69, 9.17) is 0 Å². The van der Waals surface area contributed by atoms with Gasteiger partial charge in [-0.05, 0) is 42.6 Å². The summed E-state index contributed by atoms with van der Waals surface area (Å²) in [6, 6.07) is 10.1. The number of thiophene rings is 1. The van der Waals surface area contributed by atoms with E-state index in [-0.39, 0.29) is 35.8 Å². The van der Waals surface area contributed by atoms with Crippen LogP contribution in [-0.2, 0) is 16.6 Å². The lowest BCUT2D eigenvalue weighted by molar-refractivity contribution is 0.0709. The number of rotatable bonds is 5. The van der Waals surface area contributed by atoms with Crippen molar-refractivity contribution in [3.05, 3.63) is 52.2 Å². The molecule has 9 heteroatoms. The van der Waals surface area contributed by atoms with Gasteiger partial charge in [0.1, 0.15) is 0 Å². The first-order chi connectivity index (χ1) is 12.0. The van der Waals surface area contributed by atoms with Gasteiger partial charge < -0.3 is 10.2 Å². The largest absolute Gasteiger partial charge is 0.336 e. The molecule has 1 saturated heterocycles. The summed E-state index contributed by atoms with van der Waals surface area (Å²) in [5.74, 6) is -0.0659. The summed E-state index contributed by atoms with van der Waals surface area (Å²) in [6.45, 7) is 4.38. The van der Waals surface area contributed by atoms with Gasteiger partial charge in [0.25, 0.3) is 5.91 Å². The zero-order valence-electron chi connectivity index (χ0n) is 14.3. The van der Waals surface area contributed by atoms with Gasteiger partial charge in [0.05, 0.1) is 4.90 Å². The topological polar surface area (TPSA) is 78.5 Å². The molecule has 1 unspecified atom stereocenters. The minimum Gasteiger partial charge on any atom is -0.336 e. The third-order valence-electron chi connectivity index (χ3n) is 4.08. The molecule has 3 rings (SSSR count). The smallest absolute Gasteiger partial charge is 0.253 e. The van der Waals surface area contributed by atoms with Crippen molar-refractivity contribution in [2.45, 2.75) is 24.4 Å². The Hall–Kier alpha value is -1.45. The summed E-state index contributed by atoms with van der Waals surface area (Å²) < 4.78 is 27.3. The molecule has 6 nitrogen and oxygen atoms in total. The maximum atomic E-state index is 12.5. The molecular weight excluding hydrogens is 394 g/mol. The first kappa shape index (κ1) is 20.9. The number of nitrogens with one attached hydrogen (secondary N) is 2. The Balaban J connectivity index is 0.00000243. The van der Waals surface area contributed by atoms with E-state index in [2.05, 4.69) is 10.0 Å². The lowest BCUT2D eigenvalue weighted by atomic mass is 10.1. The molecule has 0 radical (unpaired) electrons. The Bertz CT molecular complexity index is 823. The summed E-state index contributed by atoms with van der Waals surface area (Å²) in [5.41, 5.74) is 0.506. The van der Waals surface area contributed by atoms with Crippen LogP contribution in [0.2, 0.25) is 0 Å². The minimum atomic E-state index is -3.59. The predicted molar refractivity (Wildman–Crippen MR) is 105 cm³/mol. The summed E-state index contributed by atoms with van der Waals surface area (Å²) in [7, 11) is -3.59. The molecule has 1 fully saturated rings. The average molecular weight is 416 g/mol. The van der Waals surface area contributed by atoms with E-state index >= 15 is 0 Å². The Morgan fingerprint density at radius 3 is 2.65 bits per heavy atom. The number of piperazine rings is 1. The van der Waals surface area contributed by atoms with Gasteiger partial charge in [-0.2, -0.15) is 0 Å². The van der Waals surface area contributed by atoms with E-state index in [0.717, 1.165) is 11.4 Å². The van der Waals surface area contributed by atoms with Gasteiger partial charge in [-0.15, -0.1) is 23.7 Å². The molecule has 2 heterocycles. The van der Waals surface area contributed by atoms with Crippen molar-refractivity contribution in [1.82, 2.24) is 14.9 Å². The van der Waals surface area contributed by atoms with Crippen molar-refractivity contribution in [3.63, 3.8) is 0 Å². The summed E-state index contributed by atoms with van der Waals surface area (Å²) in [4.78, 5) is 15.4. The van der Waals surface area contributed by atoms with Crippen molar-refractivity contribution in [3.8, 4) is 0 Å². The fraction of sp³-hybridized carbons (Fsp3) is 0.353. The van der Waals surface area contributed by atoms with Crippen molar-refractivity contribution in [2.75, 3.05) is 19.6 Å². The number of carbonyl (C=O) groups is 1. The third kappa shape index (κ3) is 5.05. The molecule has 1 aliphatic heterocycles. The molecule has 26 heavy (non-hydrogen) atoms. The van der Waals surface area contributed by atoms with Crippen LogP contribution in [0.3, 0.4) is 0 Å². The van der Waals surface area contributed by atoms with Gasteiger partial charge in [-0.3, -0.25) is 4.79 Å². The number of nitrogens with zero attached hydrogens (tertiary/aromatic N) is 1. The van der Waals surface area contributed by atoms with E-state index in [9.17, 15) is 13.2 Å². The number of hydrogen-bond donors (Lipinski definition) is 2. The van der Waals surface area contributed by atoms with E-state index in [1.807, 2.05) is 24.4 Å².